The number of halogens is 24. The molecule has 0 saturated carbocycles. The van der Waals surface area contributed by atoms with Crippen LogP contribution < -0.4 is 9.05 Å². The van der Waals surface area contributed by atoms with Gasteiger partial charge in [-0.25, -0.2) is 0 Å². The molecule has 2 fully saturated rings. The van der Waals surface area contributed by atoms with Gasteiger partial charge in [0.25, 0.3) is 0 Å². The molecule has 0 aliphatic carbocycles. The number of nitrogens with zero attached hydrogens (tertiary/aromatic N) is 4. The fourth-order valence-electron chi connectivity index (χ4n) is 11.0. The number of rotatable bonds is 9. The van der Waals surface area contributed by atoms with Crippen LogP contribution >= 0.6 is 15.2 Å². The second-order valence-corrected chi connectivity index (χ2v) is 24.7. The van der Waals surface area contributed by atoms with Crippen LogP contribution in [0.2, 0.25) is 0 Å². The van der Waals surface area contributed by atoms with Crippen molar-refractivity contribution in [3.05, 3.63) is 83.9 Å². The molecular weight excluding hydrogens is 1230 g/mol. The number of amides is 2. The molecule has 2 spiro atoms. The Hall–Kier alpha value is -5.12. The third-order valence-electron chi connectivity index (χ3n) is 14.3. The summed E-state index contributed by atoms with van der Waals surface area (Å²) in [6.07, 6.45) is -65.2. The van der Waals surface area contributed by atoms with Crippen LogP contribution in [0.25, 0.3) is 21.5 Å². The topological polar surface area (TPSA) is 102 Å². The molecule has 4 aliphatic rings. The predicted molar refractivity (Wildman–Crippen MR) is 235 cm³/mol. The van der Waals surface area contributed by atoms with Crippen LogP contribution in [0.15, 0.2) is 72.8 Å². The van der Waals surface area contributed by atoms with Crippen molar-refractivity contribution in [2.75, 3.05) is 39.3 Å². The second-order valence-electron chi connectivity index (χ2n) is 18.3. The number of carbonyl (C=O) groups excluding carboxylic acids is 2. The van der Waals surface area contributed by atoms with Crippen LogP contribution in [-0.4, -0.2) is 142 Å². The van der Waals surface area contributed by atoms with Crippen LogP contribution in [-0.2, 0) is 18.1 Å². The zero-order chi connectivity index (χ0) is 61.9. The van der Waals surface area contributed by atoms with E-state index in [1.165, 1.54) is 12.1 Å². The molecule has 0 radical (unpaired) electrons. The summed E-state index contributed by atoms with van der Waals surface area (Å²) in [4.78, 5) is 31.3. The number of hydrogen-bond acceptors (Lipinski definition) is 10. The van der Waals surface area contributed by atoms with Crippen molar-refractivity contribution in [2.45, 2.75) is 99.5 Å². The van der Waals surface area contributed by atoms with Gasteiger partial charge in [-0.2, -0.15) is 0 Å². The van der Waals surface area contributed by atoms with Gasteiger partial charge in [0.15, 0.2) is 0 Å². The van der Waals surface area contributed by atoms with Crippen LogP contribution in [0.1, 0.15) is 48.4 Å². The molecule has 0 aromatic heterocycles. The monoisotopic (exact) mass is 1270 g/mol. The number of benzene rings is 4. The summed E-state index contributed by atoms with van der Waals surface area (Å²) < 4.78 is 404. The second kappa shape index (κ2) is 18.2. The van der Waals surface area contributed by atoms with E-state index >= 15 is 115 Å². The Morgan fingerprint density at radius 2 is 0.610 bits per heavy atom. The summed E-state index contributed by atoms with van der Waals surface area (Å²) in [5.74, 6) is -8.16. The summed E-state index contributed by atoms with van der Waals surface area (Å²) in [6.45, 7) is -9.57. The van der Waals surface area contributed by atoms with Crippen molar-refractivity contribution in [1.29, 1.82) is 0 Å². The van der Waals surface area contributed by atoms with E-state index in [9.17, 15) is 0 Å². The van der Waals surface area contributed by atoms with E-state index in [0.29, 0.717) is 39.8 Å². The predicted octanol–water partition coefficient (Wildman–Crippen LogP) is 14.8. The van der Waals surface area contributed by atoms with Gasteiger partial charge in [-0.1, -0.05) is 0 Å². The van der Waals surface area contributed by atoms with E-state index in [2.05, 4.69) is 18.1 Å². The van der Waals surface area contributed by atoms with Gasteiger partial charge in [-0.3, -0.25) is 0 Å². The Morgan fingerprint density at radius 3 is 0.829 bits per heavy atom. The van der Waals surface area contributed by atoms with E-state index in [1.54, 1.807) is 0 Å². The van der Waals surface area contributed by atoms with Gasteiger partial charge < -0.3 is 0 Å². The first kappa shape index (κ1) is 62.9. The fraction of sp³-hybridized carbons (Fsp3) is 0.500. The van der Waals surface area contributed by atoms with E-state index < -0.39 is 190 Å². The summed E-state index contributed by atoms with van der Waals surface area (Å²) in [5.41, 5.74) is -34.4. The van der Waals surface area contributed by atoms with Crippen LogP contribution in [0.3, 0.4) is 0 Å². The fourth-order valence-corrected chi connectivity index (χ4v) is 20.9. The molecule has 4 heterocycles. The standard InChI is InChI=1S/C44H36F24N4O8P2/c1-5-69(6-2)81(77-33(37(45,46)47,38(48,49)50)34(78-81,39(51,52)53)40(54,55)56)71(31(73)29-25-15-11-9-13-23(25)17-19-27(29)75-81)21-22-72-32(74)30-26-16-12-10-14-24(26)18-20-28(30)76-82(72,70(7-3)8-4)79-35(41(57,58)59,42(60,61)62)36(80-82,43(63,64)65)44(66,67)68/h9-20H,5-8,21-22H2,1-4H3. The van der Waals surface area contributed by atoms with Gasteiger partial charge in [0.05, 0.1) is 0 Å². The number of fused-ring (bicyclic) bond motifs is 6. The third kappa shape index (κ3) is 7.47. The molecule has 0 bridgehead atoms. The first-order chi connectivity index (χ1) is 37.2. The third-order valence-corrected chi connectivity index (χ3v) is 23.0. The molecule has 8 rings (SSSR count). The Labute approximate surface area is 443 Å². The van der Waals surface area contributed by atoms with E-state index in [-0.39, 0.29) is 10.8 Å². The van der Waals surface area contributed by atoms with Crippen LogP contribution in [0, 0.1) is 0 Å². The van der Waals surface area contributed by atoms with Crippen LogP contribution in [0.5, 0.6) is 11.5 Å². The summed E-state index contributed by atoms with van der Waals surface area (Å²) in [6, 6.07) is 10.5. The molecule has 12 nitrogen and oxygen atoms in total. The summed E-state index contributed by atoms with van der Waals surface area (Å²) >= 11 is 0. The Balaban J connectivity index is 1.59. The van der Waals surface area contributed by atoms with Gasteiger partial charge in [0.2, 0.25) is 0 Å². The molecule has 4 aromatic carbocycles. The van der Waals surface area contributed by atoms with Crippen molar-refractivity contribution in [1.82, 2.24) is 18.7 Å². The van der Waals surface area contributed by atoms with Gasteiger partial charge in [0, 0.05) is 0 Å². The van der Waals surface area contributed by atoms with Gasteiger partial charge in [-0.15, -0.1) is 0 Å². The number of hydrogen-bond donors (Lipinski definition) is 0. The number of carbonyl (C=O) groups is 2. The minimum absolute atomic E-state index is 0.256. The van der Waals surface area contributed by atoms with E-state index in [1.807, 2.05) is 0 Å². The minimum atomic E-state index is -9.07. The normalized spacial score (nSPS) is 23.1. The summed E-state index contributed by atoms with van der Waals surface area (Å²) in [7, 11) is -18.1. The SMILES string of the molecule is CCN(CC)P12(Oc3ccc4ccccc4c3C(=O)N1CCN1C(=O)c3c(ccc4ccccc34)OP13(N(CC)CC)OC(C(F)(F)F)(C(F)(F)F)C(C(F)(F)F)(C(F)(F)F)O3)OC(C(F)(F)F)(C(F)(F)F)C(C(F)(F)F)(C(F)(F)F)O2. The van der Waals surface area contributed by atoms with E-state index in [0.717, 1.165) is 48.5 Å². The quantitative estimate of drug-likeness (QED) is 0.119. The van der Waals surface area contributed by atoms with Crippen molar-refractivity contribution in [3.63, 3.8) is 0 Å². The van der Waals surface area contributed by atoms with E-state index in [4.69, 9.17) is 9.05 Å². The molecule has 4 aromatic rings. The molecule has 2 amide bonds. The molecule has 2 saturated heterocycles. The molecule has 0 N–H and O–H groups in total. The van der Waals surface area contributed by atoms with Crippen LogP contribution in [0.4, 0.5) is 105 Å². The summed E-state index contributed by atoms with van der Waals surface area (Å²) in [5, 5.41) is -1.81. The number of alkyl halides is 24. The molecular formula is C44H36F24N4O8P2. The molecule has 4 aliphatic heterocycles. The Morgan fingerprint density at radius 1 is 0.378 bits per heavy atom. The first-order valence-electron chi connectivity index (χ1n) is 23.2. The molecule has 458 valence electrons. The molecule has 0 unspecified atom stereocenters. The maximum atomic E-state index is 15.8. The zero-order valence-electron chi connectivity index (χ0n) is 41.2. The van der Waals surface area contributed by atoms with Gasteiger partial charge >= 0.3 is 444 Å². The molecule has 82 heavy (non-hydrogen) atoms. The Bertz CT molecular complexity index is 2880. The average molecular weight is 1270 g/mol. The molecule has 38 heteroatoms. The van der Waals surface area contributed by atoms with Crippen molar-refractivity contribution >= 4 is 48.5 Å². The van der Waals surface area contributed by atoms with Gasteiger partial charge in [0.1, 0.15) is 0 Å². The molecule has 0 atom stereocenters. The Kier molecular flexibility index (Phi) is 14.0. The van der Waals surface area contributed by atoms with Crippen molar-refractivity contribution < 1.29 is 142 Å². The van der Waals surface area contributed by atoms with Crippen molar-refractivity contribution in [2.24, 2.45) is 0 Å². The van der Waals surface area contributed by atoms with Crippen molar-refractivity contribution in [3.8, 4) is 11.5 Å². The van der Waals surface area contributed by atoms with Gasteiger partial charge in [-0.05, 0) is 0 Å². The first-order valence-corrected chi connectivity index (χ1v) is 27.0. The average Bonchev–Trinajstić information content (AvgIpc) is 2.06. The zero-order valence-corrected chi connectivity index (χ0v) is 43.0. The maximum absolute atomic E-state index is 15.8.